The average Bonchev–Trinajstić information content (AvgIpc) is 3.24. The van der Waals surface area contributed by atoms with Crippen molar-refractivity contribution in [2.24, 2.45) is 10.9 Å². The van der Waals surface area contributed by atoms with Gasteiger partial charge in [-0.15, -0.1) is 24.0 Å². The molecule has 1 aromatic carbocycles. The fraction of sp³-hybridized carbons (Fsp3) is 0.652. The number of likely N-dealkylation sites (tertiary alicyclic amines) is 1. The van der Waals surface area contributed by atoms with E-state index < -0.39 is 0 Å². The standard InChI is InChI=1S/C23H35N3O3.HI/c1-4-29-21(27)18-11-15-26(16-12-18)22(24-2)25-17-23(13-7-8-14-23)19-9-5-6-10-20(19)28-3;/h5-6,9-10,18H,4,7-8,11-17H2,1-3H3,(H,24,25);1H. The normalized spacial score (nSPS) is 19.2. The highest BCUT2D eigenvalue weighted by Crippen LogP contribution is 2.44. The topological polar surface area (TPSA) is 63.2 Å². The van der Waals surface area contributed by atoms with Crippen molar-refractivity contribution in [2.75, 3.05) is 40.4 Å². The van der Waals surface area contributed by atoms with E-state index in [4.69, 9.17) is 9.47 Å². The second-order valence-electron chi connectivity index (χ2n) is 8.10. The first kappa shape index (κ1) is 24.8. The number of methoxy groups -OCH3 is 1. The monoisotopic (exact) mass is 529 g/mol. The Morgan fingerprint density at radius 2 is 1.90 bits per heavy atom. The minimum Gasteiger partial charge on any atom is -0.496 e. The van der Waals surface area contributed by atoms with Crippen molar-refractivity contribution in [3.63, 3.8) is 0 Å². The summed E-state index contributed by atoms with van der Waals surface area (Å²) in [6, 6.07) is 8.40. The summed E-state index contributed by atoms with van der Waals surface area (Å²) in [7, 11) is 3.59. The Kier molecular flexibility index (Phi) is 9.71. The van der Waals surface area contributed by atoms with Crippen molar-refractivity contribution < 1.29 is 14.3 Å². The Hall–Kier alpha value is -1.51. The van der Waals surface area contributed by atoms with E-state index in [1.807, 2.05) is 20.0 Å². The van der Waals surface area contributed by atoms with E-state index in [0.29, 0.717) is 6.61 Å². The number of halogens is 1. The second kappa shape index (κ2) is 11.8. The van der Waals surface area contributed by atoms with Gasteiger partial charge in [-0.05, 0) is 38.7 Å². The third-order valence-corrected chi connectivity index (χ3v) is 6.45. The summed E-state index contributed by atoms with van der Waals surface area (Å²) in [6.07, 6.45) is 6.42. The molecule has 1 N–H and O–H groups in total. The molecular weight excluding hydrogens is 493 g/mol. The van der Waals surface area contributed by atoms with E-state index >= 15 is 0 Å². The Balaban J connectivity index is 0.00000320. The number of hydrogen-bond donors (Lipinski definition) is 1. The van der Waals surface area contributed by atoms with Crippen LogP contribution in [-0.4, -0.2) is 57.2 Å². The lowest BCUT2D eigenvalue weighted by atomic mass is 9.78. The minimum absolute atomic E-state index is 0. The molecular formula is C23H36IN3O3. The molecule has 0 unspecified atom stereocenters. The second-order valence-corrected chi connectivity index (χ2v) is 8.10. The van der Waals surface area contributed by atoms with Gasteiger partial charge in [0.15, 0.2) is 5.96 Å². The van der Waals surface area contributed by atoms with Gasteiger partial charge in [0.1, 0.15) is 5.75 Å². The third-order valence-electron chi connectivity index (χ3n) is 6.45. The molecule has 2 aliphatic rings. The van der Waals surface area contributed by atoms with Gasteiger partial charge in [-0.3, -0.25) is 9.79 Å². The first-order valence-corrected chi connectivity index (χ1v) is 10.9. The molecule has 30 heavy (non-hydrogen) atoms. The van der Waals surface area contributed by atoms with Crippen LogP contribution < -0.4 is 10.1 Å². The number of esters is 1. The fourth-order valence-corrected chi connectivity index (χ4v) is 4.84. The highest BCUT2D eigenvalue weighted by molar-refractivity contribution is 14.0. The van der Waals surface area contributed by atoms with Crippen LogP contribution in [0.5, 0.6) is 5.75 Å². The summed E-state index contributed by atoms with van der Waals surface area (Å²) in [6.45, 7) is 4.81. The van der Waals surface area contributed by atoms with Crippen molar-refractivity contribution in [2.45, 2.75) is 50.9 Å². The van der Waals surface area contributed by atoms with Gasteiger partial charge in [0, 0.05) is 37.7 Å². The number of benzene rings is 1. The number of hydrogen-bond acceptors (Lipinski definition) is 4. The SMILES string of the molecule is CCOC(=O)C1CCN(C(=NC)NCC2(c3ccccc3OC)CCCC2)CC1.I. The number of nitrogens with one attached hydrogen (secondary N) is 1. The molecule has 0 atom stereocenters. The van der Waals surface area contributed by atoms with Crippen LogP contribution in [0.1, 0.15) is 51.0 Å². The van der Waals surface area contributed by atoms with E-state index in [1.54, 1.807) is 7.11 Å². The van der Waals surface area contributed by atoms with Crippen LogP contribution in [0.3, 0.4) is 0 Å². The van der Waals surface area contributed by atoms with Crippen molar-refractivity contribution in [1.29, 1.82) is 0 Å². The summed E-state index contributed by atoms with van der Waals surface area (Å²) >= 11 is 0. The molecule has 0 amide bonds. The Labute approximate surface area is 197 Å². The molecule has 0 radical (unpaired) electrons. The van der Waals surface area contributed by atoms with Gasteiger partial charge < -0.3 is 19.7 Å². The molecule has 168 valence electrons. The number of piperidine rings is 1. The zero-order valence-electron chi connectivity index (χ0n) is 18.5. The van der Waals surface area contributed by atoms with Gasteiger partial charge in [-0.2, -0.15) is 0 Å². The molecule has 0 spiro atoms. The van der Waals surface area contributed by atoms with E-state index in [9.17, 15) is 4.79 Å². The molecule has 1 heterocycles. The van der Waals surface area contributed by atoms with Crippen LogP contribution in [0.15, 0.2) is 29.3 Å². The summed E-state index contributed by atoms with van der Waals surface area (Å²) in [5.41, 5.74) is 1.37. The summed E-state index contributed by atoms with van der Waals surface area (Å²) in [4.78, 5) is 18.8. The van der Waals surface area contributed by atoms with Crippen LogP contribution in [0.25, 0.3) is 0 Å². The molecule has 3 rings (SSSR count). The maximum atomic E-state index is 12.0. The summed E-state index contributed by atoms with van der Waals surface area (Å²) < 4.78 is 10.9. The number of guanidine groups is 1. The fourth-order valence-electron chi connectivity index (χ4n) is 4.84. The number of ether oxygens (including phenoxy) is 2. The molecule has 1 aliphatic carbocycles. The third kappa shape index (κ3) is 5.59. The maximum Gasteiger partial charge on any atom is 0.309 e. The van der Waals surface area contributed by atoms with Crippen LogP contribution in [-0.2, 0) is 14.9 Å². The molecule has 1 saturated carbocycles. The highest BCUT2D eigenvalue weighted by Gasteiger charge is 2.38. The van der Waals surface area contributed by atoms with Crippen molar-refractivity contribution in [3.05, 3.63) is 29.8 Å². The molecule has 1 aliphatic heterocycles. The predicted octanol–water partition coefficient (Wildman–Crippen LogP) is 3.98. The van der Waals surface area contributed by atoms with Gasteiger partial charge in [-0.25, -0.2) is 0 Å². The molecule has 0 bridgehead atoms. The molecule has 1 saturated heterocycles. The predicted molar refractivity (Wildman–Crippen MR) is 131 cm³/mol. The lowest BCUT2D eigenvalue weighted by Gasteiger charge is -2.36. The van der Waals surface area contributed by atoms with E-state index in [2.05, 4.69) is 33.4 Å². The van der Waals surface area contributed by atoms with Crippen LogP contribution >= 0.6 is 24.0 Å². The van der Waals surface area contributed by atoms with Gasteiger partial charge in [0.05, 0.1) is 19.6 Å². The summed E-state index contributed by atoms with van der Waals surface area (Å²) in [5, 5.41) is 3.65. The lowest BCUT2D eigenvalue weighted by molar-refractivity contribution is -0.149. The van der Waals surface area contributed by atoms with E-state index in [1.165, 1.54) is 18.4 Å². The number of nitrogens with zero attached hydrogens (tertiary/aromatic N) is 2. The van der Waals surface area contributed by atoms with E-state index in [-0.39, 0.29) is 41.3 Å². The highest BCUT2D eigenvalue weighted by atomic mass is 127. The Bertz CT molecular complexity index is 711. The minimum atomic E-state index is -0.0591. The maximum absolute atomic E-state index is 12.0. The average molecular weight is 529 g/mol. The quantitative estimate of drug-likeness (QED) is 0.262. The molecule has 7 heteroatoms. The largest absolute Gasteiger partial charge is 0.496 e. The van der Waals surface area contributed by atoms with Gasteiger partial charge in [0.25, 0.3) is 0 Å². The molecule has 0 aromatic heterocycles. The lowest BCUT2D eigenvalue weighted by Crippen LogP contribution is -2.50. The van der Waals surface area contributed by atoms with Crippen LogP contribution in [0.2, 0.25) is 0 Å². The smallest absolute Gasteiger partial charge is 0.309 e. The van der Waals surface area contributed by atoms with Crippen molar-refractivity contribution >= 4 is 35.9 Å². The van der Waals surface area contributed by atoms with Crippen molar-refractivity contribution in [1.82, 2.24) is 10.2 Å². The Morgan fingerprint density at radius 3 is 2.50 bits per heavy atom. The molecule has 6 nitrogen and oxygen atoms in total. The van der Waals surface area contributed by atoms with Crippen molar-refractivity contribution in [3.8, 4) is 5.75 Å². The zero-order valence-corrected chi connectivity index (χ0v) is 20.8. The molecule has 1 aromatic rings. The van der Waals surface area contributed by atoms with Gasteiger partial charge in [-0.1, -0.05) is 31.0 Å². The number of rotatable bonds is 6. The number of carbonyl (C=O) groups excluding carboxylic acids is 1. The van der Waals surface area contributed by atoms with Gasteiger partial charge in [0.2, 0.25) is 0 Å². The van der Waals surface area contributed by atoms with Gasteiger partial charge >= 0.3 is 5.97 Å². The summed E-state index contributed by atoms with van der Waals surface area (Å²) in [5.74, 6) is 1.85. The van der Waals surface area contributed by atoms with Crippen LogP contribution in [0, 0.1) is 5.92 Å². The first-order valence-electron chi connectivity index (χ1n) is 10.9. The number of para-hydroxylation sites is 1. The number of aliphatic imine (C=N–C) groups is 1. The zero-order chi connectivity index (χ0) is 20.7. The van der Waals surface area contributed by atoms with E-state index in [0.717, 1.165) is 57.0 Å². The first-order chi connectivity index (χ1) is 14.1. The van der Waals surface area contributed by atoms with Crippen LogP contribution in [0.4, 0.5) is 0 Å². The number of carbonyl (C=O) groups is 1. The Morgan fingerprint density at radius 1 is 1.23 bits per heavy atom. The molecule has 2 fully saturated rings.